The van der Waals surface area contributed by atoms with Crippen LogP contribution in [0.5, 0.6) is 0 Å². The minimum Gasteiger partial charge on any atom is -0.388 e. The van der Waals surface area contributed by atoms with E-state index in [-0.39, 0.29) is 0 Å². The summed E-state index contributed by atoms with van der Waals surface area (Å²) in [5, 5.41) is 15.0. The Morgan fingerprint density at radius 1 is 1.25 bits per heavy atom. The summed E-state index contributed by atoms with van der Waals surface area (Å²) in [5.41, 5.74) is 4.05. The van der Waals surface area contributed by atoms with Gasteiger partial charge in [-0.05, 0) is 60.0 Å². The van der Waals surface area contributed by atoms with E-state index in [1.54, 1.807) is 0 Å². The molecule has 0 spiro atoms. The Bertz CT molecular complexity index is 602. The second-order valence-corrected chi connectivity index (χ2v) is 6.65. The molecule has 0 aliphatic heterocycles. The molecule has 0 amide bonds. The molecule has 0 saturated heterocycles. The van der Waals surface area contributed by atoms with E-state index >= 15 is 0 Å². The Morgan fingerprint density at radius 3 is 2.55 bits per heavy atom. The second kappa shape index (κ2) is 6.41. The number of aryl methyl sites for hydroxylation is 3. The van der Waals surface area contributed by atoms with Gasteiger partial charge in [0.15, 0.2) is 0 Å². The summed E-state index contributed by atoms with van der Waals surface area (Å²) in [7, 11) is 0. The first kappa shape index (κ1) is 15.7. The lowest BCUT2D eigenvalue weighted by molar-refractivity contribution is 0.175. The molecule has 0 aliphatic rings. The Labute approximate surface area is 136 Å². The number of halogens is 2. The third kappa shape index (κ3) is 3.32. The van der Waals surface area contributed by atoms with E-state index in [0.29, 0.717) is 6.42 Å². The summed E-state index contributed by atoms with van der Waals surface area (Å²) in [6.45, 7) is 6.84. The molecule has 2 aromatic rings. The molecule has 3 nitrogen and oxygen atoms in total. The highest BCUT2D eigenvalue weighted by atomic mass is 79.9. The van der Waals surface area contributed by atoms with Crippen LogP contribution >= 0.6 is 31.9 Å². The Balaban J connectivity index is 2.29. The third-order valence-corrected chi connectivity index (χ3v) is 4.78. The van der Waals surface area contributed by atoms with Gasteiger partial charge in [-0.3, -0.25) is 4.68 Å². The molecule has 2 rings (SSSR count). The van der Waals surface area contributed by atoms with E-state index < -0.39 is 6.10 Å². The standard InChI is InChI=1S/C15H18Br2N2O/c1-4-19-13(15(17)10(3)18-19)8-14(20)11-5-9(2)6-12(16)7-11/h5-7,14,20H,4,8H2,1-3H3. The van der Waals surface area contributed by atoms with Crippen LogP contribution in [0.2, 0.25) is 0 Å². The minimum absolute atomic E-state index is 0.538. The fourth-order valence-electron chi connectivity index (χ4n) is 2.32. The molecule has 0 radical (unpaired) electrons. The highest BCUT2D eigenvalue weighted by molar-refractivity contribution is 9.10. The van der Waals surface area contributed by atoms with Gasteiger partial charge in [0.25, 0.3) is 0 Å². The maximum absolute atomic E-state index is 10.5. The van der Waals surface area contributed by atoms with Crippen molar-refractivity contribution in [2.75, 3.05) is 0 Å². The predicted octanol–water partition coefficient (Wildman–Crippen LogP) is 4.32. The lowest BCUT2D eigenvalue weighted by Crippen LogP contribution is -2.09. The van der Waals surface area contributed by atoms with Crippen molar-refractivity contribution in [3.05, 3.63) is 49.7 Å². The average Bonchev–Trinajstić information content (AvgIpc) is 2.65. The monoisotopic (exact) mass is 400 g/mol. The summed E-state index contributed by atoms with van der Waals surface area (Å²) in [6.07, 6.45) is 0.00873. The van der Waals surface area contributed by atoms with Gasteiger partial charge in [0.05, 0.1) is 22.0 Å². The molecular weight excluding hydrogens is 384 g/mol. The Hall–Kier alpha value is -0.650. The van der Waals surface area contributed by atoms with Gasteiger partial charge in [0.1, 0.15) is 0 Å². The maximum atomic E-state index is 10.5. The second-order valence-electron chi connectivity index (χ2n) is 4.94. The van der Waals surface area contributed by atoms with Crippen LogP contribution in [0.1, 0.15) is 35.5 Å². The lowest BCUT2D eigenvalue weighted by Gasteiger charge is -2.14. The van der Waals surface area contributed by atoms with Gasteiger partial charge in [-0.25, -0.2) is 0 Å². The summed E-state index contributed by atoms with van der Waals surface area (Å²) < 4.78 is 3.92. The number of hydrogen-bond acceptors (Lipinski definition) is 2. The summed E-state index contributed by atoms with van der Waals surface area (Å²) >= 11 is 7.04. The molecular formula is C15H18Br2N2O. The fraction of sp³-hybridized carbons (Fsp3) is 0.400. The lowest BCUT2D eigenvalue weighted by atomic mass is 10.0. The van der Waals surface area contributed by atoms with E-state index in [9.17, 15) is 5.11 Å². The van der Waals surface area contributed by atoms with Crippen LogP contribution in [-0.4, -0.2) is 14.9 Å². The minimum atomic E-state index is -0.538. The zero-order valence-corrected chi connectivity index (χ0v) is 15.0. The van der Waals surface area contributed by atoms with Crippen LogP contribution in [0, 0.1) is 13.8 Å². The van der Waals surface area contributed by atoms with Crippen LogP contribution < -0.4 is 0 Å². The SMILES string of the molecule is CCn1nc(C)c(Br)c1CC(O)c1cc(C)cc(Br)c1. The molecule has 20 heavy (non-hydrogen) atoms. The molecule has 1 heterocycles. The van der Waals surface area contributed by atoms with Crippen LogP contribution in [0.25, 0.3) is 0 Å². The van der Waals surface area contributed by atoms with Crippen molar-refractivity contribution in [3.63, 3.8) is 0 Å². The van der Waals surface area contributed by atoms with E-state index in [4.69, 9.17) is 0 Å². The topological polar surface area (TPSA) is 38.0 Å². The van der Waals surface area contributed by atoms with E-state index in [1.165, 1.54) is 0 Å². The number of rotatable bonds is 4. The summed E-state index contributed by atoms with van der Waals surface area (Å²) in [4.78, 5) is 0. The molecule has 1 unspecified atom stereocenters. The van der Waals surface area contributed by atoms with Gasteiger partial charge in [-0.1, -0.05) is 22.0 Å². The smallest absolute Gasteiger partial charge is 0.0846 e. The molecule has 1 N–H and O–H groups in total. The van der Waals surface area contributed by atoms with Crippen molar-refractivity contribution in [2.45, 2.75) is 39.8 Å². The molecule has 0 bridgehead atoms. The van der Waals surface area contributed by atoms with Crippen LogP contribution in [0.3, 0.4) is 0 Å². The molecule has 1 aromatic carbocycles. The number of aliphatic hydroxyl groups is 1. The van der Waals surface area contributed by atoms with E-state index in [1.807, 2.05) is 36.7 Å². The predicted molar refractivity (Wildman–Crippen MR) is 87.9 cm³/mol. The van der Waals surface area contributed by atoms with Crippen LogP contribution in [0.4, 0.5) is 0 Å². The number of aliphatic hydroxyl groups excluding tert-OH is 1. The van der Waals surface area contributed by atoms with Crippen molar-refractivity contribution in [3.8, 4) is 0 Å². The molecule has 108 valence electrons. The zero-order valence-electron chi connectivity index (χ0n) is 11.8. The normalized spacial score (nSPS) is 12.7. The number of benzene rings is 1. The van der Waals surface area contributed by atoms with Crippen LogP contribution in [0.15, 0.2) is 27.1 Å². The van der Waals surface area contributed by atoms with Crippen molar-refractivity contribution in [1.29, 1.82) is 0 Å². The summed E-state index contributed by atoms with van der Waals surface area (Å²) in [6, 6.07) is 6.01. The van der Waals surface area contributed by atoms with Gasteiger partial charge in [0, 0.05) is 17.4 Å². The molecule has 5 heteroatoms. The van der Waals surface area contributed by atoms with Gasteiger partial charge in [0.2, 0.25) is 0 Å². The van der Waals surface area contributed by atoms with Crippen molar-refractivity contribution in [2.24, 2.45) is 0 Å². The molecule has 0 aliphatic carbocycles. The average molecular weight is 402 g/mol. The van der Waals surface area contributed by atoms with Gasteiger partial charge in [-0.15, -0.1) is 0 Å². The van der Waals surface area contributed by atoms with Crippen LogP contribution in [-0.2, 0) is 13.0 Å². The quantitative estimate of drug-likeness (QED) is 0.828. The Kier molecular flexibility index (Phi) is 5.04. The van der Waals surface area contributed by atoms with Gasteiger partial charge < -0.3 is 5.11 Å². The first-order valence-electron chi connectivity index (χ1n) is 6.59. The van der Waals surface area contributed by atoms with Crippen molar-refractivity contribution in [1.82, 2.24) is 9.78 Å². The van der Waals surface area contributed by atoms with Gasteiger partial charge >= 0.3 is 0 Å². The first-order chi connectivity index (χ1) is 9.42. The number of hydrogen-bond donors (Lipinski definition) is 1. The highest BCUT2D eigenvalue weighted by Crippen LogP contribution is 2.28. The third-order valence-electron chi connectivity index (χ3n) is 3.29. The summed E-state index contributed by atoms with van der Waals surface area (Å²) in [5.74, 6) is 0. The molecule has 0 saturated carbocycles. The highest BCUT2D eigenvalue weighted by Gasteiger charge is 2.17. The molecule has 1 aromatic heterocycles. The Morgan fingerprint density at radius 2 is 1.95 bits per heavy atom. The van der Waals surface area contributed by atoms with E-state index in [2.05, 4.69) is 43.9 Å². The zero-order chi connectivity index (χ0) is 14.9. The van der Waals surface area contributed by atoms with Gasteiger partial charge in [-0.2, -0.15) is 5.10 Å². The fourth-order valence-corrected chi connectivity index (χ4v) is 3.39. The molecule has 1 atom stereocenters. The maximum Gasteiger partial charge on any atom is 0.0846 e. The molecule has 0 fully saturated rings. The van der Waals surface area contributed by atoms with Crippen molar-refractivity contribution >= 4 is 31.9 Å². The number of aromatic nitrogens is 2. The number of nitrogens with zero attached hydrogens (tertiary/aromatic N) is 2. The first-order valence-corrected chi connectivity index (χ1v) is 8.18. The largest absolute Gasteiger partial charge is 0.388 e. The van der Waals surface area contributed by atoms with Crippen molar-refractivity contribution < 1.29 is 5.11 Å². The van der Waals surface area contributed by atoms with E-state index in [0.717, 1.165) is 38.0 Å².